The van der Waals surface area contributed by atoms with E-state index in [4.69, 9.17) is 10.00 Å². The van der Waals surface area contributed by atoms with E-state index >= 15 is 0 Å². The average Bonchev–Trinajstić information content (AvgIpc) is 2.55. The second-order valence-corrected chi connectivity index (χ2v) is 4.85. The topological polar surface area (TPSA) is 33.0 Å². The first-order chi connectivity index (χ1) is 10.3. The molecular weight excluding hydrogens is 258 g/mol. The van der Waals surface area contributed by atoms with Gasteiger partial charge in [-0.1, -0.05) is 37.6 Å². The van der Waals surface area contributed by atoms with Crippen molar-refractivity contribution in [2.45, 2.75) is 26.2 Å². The molecule has 2 nitrogen and oxygen atoms in total. The zero-order valence-electron chi connectivity index (χ0n) is 12.3. The molecule has 0 bridgehead atoms. The number of allylic oxidation sites excluding steroid dienone is 1. The van der Waals surface area contributed by atoms with E-state index in [1.165, 1.54) is 12.8 Å². The average molecular weight is 277 g/mol. The first-order valence-corrected chi connectivity index (χ1v) is 7.25. The summed E-state index contributed by atoms with van der Waals surface area (Å²) in [6, 6.07) is 17.7. The highest BCUT2D eigenvalue weighted by atomic mass is 16.5. The number of nitriles is 1. The minimum absolute atomic E-state index is 0.677. The molecule has 0 radical (unpaired) electrons. The van der Waals surface area contributed by atoms with Crippen molar-refractivity contribution in [3.8, 4) is 22.9 Å². The molecule has 0 aliphatic carbocycles. The maximum atomic E-state index is 8.80. The van der Waals surface area contributed by atoms with Gasteiger partial charge in [-0.05, 0) is 54.3 Å². The Morgan fingerprint density at radius 2 is 1.62 bits per heavy atom. The number of hydrogen-bond acceptors (Lipinski definition) is 2. The van der Waals surface area contributed by atoms with Crippen molar-refractivity contribution in [2.75, 3.05) is 0 Å². The summed E-state index contributed by atoms with van der Waals surface area (Å²) < 4.78 is 5.56. The molecule has 0 saturated heterocycles. The summed E-state index contributed by atoms with van der Waals surface area (Å²) in [5.74, 6) is 0.833. The number of nitrogens with zero attached hydrogens (tertiary/aromatic N) is 1. The Morgan fingerprint density at radius 1 is 1.00 bits per heavy atom. The fourth-order valence-electron chi connectivity index (χ4n) is 1.98. The molecule has 0 heterocycles. The molecule has 0 N–H and O–H groups in total. The standard InChI is InChI=1S/C19H19NO/c1-2-3-4-5-14-21-19-12-10-18(11-13-19)17-8-6-16(15-20)7-9-17/h5-14H,2-4H2,1H3/b14-5+. The number of rotatable bonds is 6. The van der Waals surface area contributed by atoms with Gasteiger partial charge >= 0.3 is 0 Å². The van der Waals surface area contributed by atoms with Crippen LogP contribution in [-0.4, -0.2) is 0 Å². The van der Waals surface area contributed by atoms with Crippen molar-refractivity contribution in [3.63, 3.8) is 0 Å². The number of hydrogen-bond donors (Lipinski definition) is 0. The Bertz CT molecular complexity index is 618. The minimum atomic E-state index is 0.677. The van der Waals surface area contributed by atoms with Gasteiger partial charge in [-0.15, -0.1) is 0 Å². The highest BCUT2D eigenvalue weighted by molar-refractivity contribution is 5.64. The molecule has 2 aromatic carbocycles. The molecule has 2 aromatic rings. The quantitative estimate of drug-likeness (QED) is 0.529. The van der Waals surface area contributed by atoms with Crippen molar-refractivity contribution in [2.24, 2.45) is 0 Å². The highest BCUT2D eigenvalue weighted by Crippen LogP contribution is 2.22. The Labute approximate surface area is 126 Å². The molecule has 2 rings (SSSR count). The molecule has 21 heavy (non-hydrogen) atoms. The van der Waals surface area contributed by atoms with E-state index in [1.807, 2.05) is 48.5 Å². The van der Waals surface area contributed by atoms with Gasteiger partial charge in [0.15, 0.2) is 0 Å². The van der Waals surface area contributed by atoms with Gasteiger partial charge < -0.3 is 4.74 Å². The molecule has 0 aliphatic rings. The van der Waals surface area contributed by atoms with Crippen molar-refractivity contribution in [3.05, 3.63) is 66.4 Å². The van der Waals surface area contributed by atoms with Crippen LogP contribution in [0.25, 0.3) is 11.1 Å². The second-order valence-electron chi connectivity index (χ2n) is 4.85. The summed E-state index contributed by atoms with van der Waals surface area (Å²) in [7, 11) is 0. The van der Waals surface area contributed by atoms with Crippen LogP contribution < -0.4 is 4.74 Å². The second kappa shape index (κ2) is 7.91. The molecule has 2 heteroatoms. The molecule has 0 amide bonds. The van der Waals surface area contributed by atoms with Crippen LogP contribution in [0, 0.1) is 11.3 Å². The summed E-state index contributed by atoms with van der Waals surface area (Å²) >= 11 is 0. The maximum Gasteiger partial charge on any atom is 0.126 e. The lowest BCUT2D eigenvalue weighted by atomic mass is 10.0. The van der Waals surface area contributed by atoms with Gasteiger partial charge in [-0.2, -0.15) is 5.26 Å². The first kappa shape index (κ1) is 14.9. The molecule has 0 fully saturated rings. The van der Waals surface area contributed by atoms with Crippen LogP contribution >= 0.6 is 0 Å². The zero-order valence-corrected chi connectivity index (χ0v) is 12.3. The van der Waals surface area contributed by atoms with Gasteiger partial charge in [-0.3, -0.25) is 0 Å². The molecule has 0 saturated carbocycles. The lowest BCUT2D eigenvalue weighted by Gasteiger charge is -2.04. The van der Waals surface area contributed by atoms with Gasteiger partial charge in [0.25, 0.3) is 0 Å². The Morgan fingerprint density at radius 3 is 2.19 bits per heavy atom. The summed E-state index contributed by atoms with van der Waals surface area (Å²) in [6.07, 6.45) is 7.26. The normalized spacial score (nSPS) is 10.5. The van der Waals surface area contributed by atoms with E-state index < -0.39 is 0 Å². The molecule has 0 aliphatic heterocycles. The van der Waals surface area contributed by atoms with E-state index in [1.54, 1.807) is 6.26 Å². The molecule has 106 valence electrons. The smallest absolute Gasteiger partial charge is 0.126 e. The third-order valence-electron chi connectivity index (χ3n) is 3.23. The summed E-state index contributed by atoms with van der Waals surface area (Å²) in [6.45, 7) is 2.18. The van der Waals surface area contributed by atoms with Gasteiger partial charge in [0, 0.05) is 0 Å². The number of ether oxygens (including phenoxy) is 1. The van der Waals surface area contributed by atoms with E-state index in [-0.39, 0.29) is 0 Å². The van der Waals surface area contributed by atoms with Crippen LogP contribution in [0.4, 0.5) is 0 Å². The van der Waals surface area contributed by atoms with E-state index in [0.717, 1.165) is 23.3 Å². The summed E-state index contributed by atoms with van der Waals surface area (Å²) in [5, 5.41) is 8.80. The van der Waals surface area contributed by atoms with Crippen molar-refractivity contribution < 1.29 is 4.74 Å². The Hall–Kier alpha value is -2.53. The van der Waals surface area contributed by atoms with Crippen LogP contribution in [-0.2, 0) is 0 Å². The molecule has 0 spiro atoms. The third-order valence-corrected chi connectivity index (χ3v) is 3.23. The fourth-order valence-corrected chi connectivity index (χ4v) is 1.98. The third kappa shape index (κ3) is 4.50. The predicted octanol–water partition coefficient (Wildman–Crippen LogP) is 5.31. The monoisotopic (exact) mass is 277 g/mol. The number of benzene rings is 2. The SMILES string of the molecule is CCCC/C=C/Oc1ccc(-c2ccc(C#N)cc2)cc1. The highest BCUT2D eigenvalue weighted by Gasteiger charge is 1.98. The molecular formula is C19H19NO. The lowest BCUT2D eigenvalue weighted by molar-refractivity contribution is 0.478. The van der Waals surface area contributed by atoms with Gasteiger partial charge in [0.05, 0.1) is 17.9 Å². The summed E-state index contributed by atoms with van der Waals surface area (Å²) in [5.41, 5.74) is 2.89. The minimum Gasteiger partial charge on any atom is -0.465 e. The lowest BCUT2D eigenvalue weighted by Crippen LogP contribution is -1.83. The van der Waals surface area contributed by atoms with Crippen LogP contribution in [0.1, 0.15) is 31.7 Å². The van der Waals surface area contributed by atoms with Gasteiger partial charge in [-0.25, -0.2) is 0 Å². The van der Waals surface area contributed by atoms with Crippen molar-refractivity contribution >= 4 is 0 Å². The predicted molar refractivity (Wildman–Crippen MR) is 85.9 cm³/mol. The van der Waals surface area contributed by atoms with Crippen LogP contribution in [0.15, 0.2) is 60.9 Å². The Balaban J connectivity index is 1.98. The van der Waals surface area contributed by atoms with Gasteiger partial charge in [0.2, 0.25) is 0 Å². The van der Waals surface area contributed by atoms with Crippen LogP contribution in [0.2, 0.25) is 0 Å². The van der Waals surface area contributed by atoms with E-state index in [2.05, 4.69) is 19.1 Å². The molecule has 0 atom stereocenters. The van der Waals surface area contributed by atoms with Crippen LogP contribution in [0.5, 0.6) is 5.75 Å². The zero-order chi connectivity index (χ0) is 14.9. The van der Waals surface area contributed by atoms with Gasteiger partial charge in [0.1, 0.15) is 5.75 Å². The fraction of sp³-hybridized carbons (Fsp3) is 0.211. The van der Waals surface area contributed by atoms with Crippen molar-refractivity contribution in [1.82, 2.24) is 0 Å². The van der Waals surface area contributed by atoms with Crippen LogP contribution in [0.3, 0.4) is 0 Å². The molecule has 0 aromatic heterocycles. The molecule has 0 unspecified atom stereocenters. The largest absolute Gasteiger partial charge is 0.465 e. The Kier molecular flexibility index (Phi) is 5.60. The van der Waals surface area contributed by atoms with E-state index in [9.17, 15) is 0 Å². The maximum absolute atomic E-state index is 8.80. The van der Waals surface area contributed by atoms with Crippen molar-refractivity contribution in [1.29, 1.82) is 5.26 Å². The number of unbranched alkanes of at least 4 members (excludes halogenated alkanes) is 2. The first-order valence-electron chi connectivity index (χ1n) is 7.25. The summed E-state index contributed by atoms with van der Waals surface area (Å²) in [4.78, 5) is 0. The van der Waals surface area contributed by atoms with E-state index in [0.29, 0.717) is 5.56 Å².